The van der Waals surface area contributed by atoms with Crippen LogP contribution in [0.15, 0.2) is 72.8 Å². The van der Waals surface area contributed by atoms with E-state index in [1.165, 1.54) is 5.56 Å². The van der Waals surface area contributed by atoms with E-state index in [1.54, 1.807) is 12.1 Å². The first kappa shape index (κ1) is 20.2. The summed E-state index contributed by atoms with van der Waals surface area (Å²) in [7, 11) is 0. The first-order chi connectivity index (χ1) is 14.3. The lowest BCUT2D eigenvalue weighted by Gasteiger charge is -2.19. The molecule has 0 unspecified atom stereocenters. The number of para-hydroxylation sites is 3. The molecule has 4 rings (SSSR count). The molecule has 1 N–H and O–H groups in total. The molecule has 0 spiro atoms. The Morgan fingerprint density at radius 1 is 0.967 bits per heavy atom. The molecule has 1 amide bonds. The minimum Gasteiger partial charge on any atom is -0.323 e. The number of fused-ring (bicyclic) bond motifs is 1. The number of benzene rings is 3. The van der Waals surface area contributed by atoms with Crippen LogP contribution < -0.4 is 5.32 Å². The van der Waals surface area contributed by atoms with Gasteiger partial charge in [0.05, 0.1) is 21.7 Å². The quantitative estimate of drug-likeness (QED) is 0.424. The van der Waals surface area contributed by atoms with Gasteiger partial charge in [-0.1, -0.05) is 80.9 Å². The molecule has 0 aliphatic heterocycles. The Balaban J connectivity index is 1.70. The van der Waals surface area contributed by atoms with E-state index in [0.29, 0.717) is 10.7 Å². The number of nitrogens with one attached hydrogen (secondary N) is 1. The Hall–Kier alpha value is -3.11. The molecule has 5 heteroatoms. The van der Waals surface area contributed by atoms with Gasteiger partial charge in [0.15, 0.2) is 0 Å². The van der Waals surface area contributed by atoms with E-state index >= 15 is 0 Å². The Morgan fingerprint density at radius 2 is 1.63 bits per heavy atom. The second-order valence-electron chi connectivity index (χ2n) is 8.37. The first-order valence-electron chi connectivity index (χ1n) is 9.93. The largest absolute Gasteiger partial charge is 0.323 e. The summed E-state index contributed by atoms with van der Waals surface area (Å²) in [6.07, 6.45) is 0. The van der Waals surface area contributed by atoms with Crippen molar-refractivity contribution in [2.75, 3.05) is 5.32 Å². The summed E-state index contributed by atoms with van der Waals surface area (Å²) in [4.78, 5) is 17.6. The fourth-order valence-corrected chi connectivity index (χ4v) is 3.65. The zero-order chi connectivity index (χ0) is 21.3. The molecule has 0 bridgehead atoms. The minimum absolute atomic E-state index is 0.0769. The Kier molecular flexibility index (Phi) is 5.35. The van der Waals surface area contributed by atoms with Crippen LogP contribution in [0.2, 0.25) is 5.02 Å². The van der Waals surface area contributed by atoms with Gasteiger partial charge in [-0.05, 0) is 35.2 Å². The second kappa shape index (κ2) is 7.96. The second-order valence-corrected chi connectivity index (χ2v) is 8.77. The van der Waals surface area contributed by atoms with E-state index in [1.807, 2.05) is 41.0 Å². The molecule has 0 aliphatic rings. The number of imidazole rings is 1. The van der Waals surface area contributed by atoms with Crippen LogP contribution >= 0.6 is 11.6 Å². The first-order valence-corrected chi connectivity index (χ1v) is 10.3. The summed E-state index contributed by atoms with van der Waals surface area (Å²) >= 11 is 6.19. The van der Waals surface area contributed by atoms with Crippen molar-refractivity contribution in [3.05, 3.63) is 83.4 Å². The van der Waals surface area contributed by atoms with Crippen molar-refractivity contribution >= 4 is 34.2 Å². The molecule has 0 fully saturated rings. The number of halogens is 1. The van der Waals surface area contributed by atoms with E-state index < -0.39 is 0 Å². The average Bonchev–Trinajstić information content (AvgIpc) is 3.08. The number of rotatable bonds is 4. The van der Waals surface area contributed by atoms with Crippen molar-refractivity contribution in [2.45, 2.75) is 32.7 Å². The number of aromatic nitrogens is 2. The number of carbonyl (C=O) groups excluding carboxylic acids is 1. The fraction of sp³-hybridized carbons (Fsp3) is 0.200. The van der Waals surface area contributed by atoms with E-state index in [4.69, 9.17) is 16.6 Å². The van der Waals surface area contributed by atoms with Gasteiger partial charge in [0.2, 0.25) is 5.91 Å². The third kappa shape index (κ3) is 4.10. The SMILES string of the molecule is CC(C)(C)c1ccc(-c2nc3ccccc3n2CC(=O)Nc2ccccc2Cl)cc1. The Labute approximate surface area is 181 Å². The van der Waals surface area contributed by atoms with Crippen LogP contribution in [0.3, 0.4) is 0 Å². The standard InChI is InChI=1S/C25H24ClN3O/c1-25(2,3)18-14-12-17(13-15-18)24-28-21-10-6-7-11-22(21)29(24)16-23(30)27-20-9-5-4-8-19(20)26/h4-15H,16H2,1-3H3,(H,27,30). The van der Waals surface area contributed by atoms with Crippen LogP contribution in [0.4, 0.5) is 5.69 Å². The summed E-state index contributed by atoms with van der Waals surface area (Å²) in [6, 6.07) is 23.5. The normalized spacial score (nSPS) is 11.6. The molecule has 4 aromatic rings. The number of anilines is 1. The summed E-state index contributed by atoms with van der Waals surface area (Å²) in [6.45, 7) is 6.71. The van der Waals surface area contributed by atoms with Gasteiger partial charge in [-0.25, -0.2) is 4.98 Å². The smallest absolute Gasteiger partial charge is 0.244 e. The number of amides is 1. The molecule has 3 aromatic carbocycles. The molecule has 1 heterocycles. The van der Waals surface area contributed by atoms with Gasteiger partial charge < -0.3 is 9.88 Å². The summed E-state index contributed by atoms with van der Waals surface area (Å²) in [5.41, 5.74) is 4.69. The van der Waals surface area contributed by atoms with E-state index in [-0.39, 0.29) is 17.9 Å². The Bertz CT molecular complexity index is 1200. The van der Waals surface area contributed by atoms with Crippen molar-refractivity contribution in [3.8, 4) is 11.4 Å². The highest BCUT2D eigenvalue weighted by atomic mass is 35.5. The predicted molar refractivity (Wildman–Crippen MR) is 124 cm³/mol. The van der Waals surface area contributed by atoms with Crippen LogP contribution in [-0.4, -0.2) is 15.5 Å². The highest BCUT2D eigenvalue weighted by molar-refractivity contribution is 6.33. The minimum atomic E-state index is -0.154. The molecule has 30 heavy (non-hydrogen) atoms. The van der Waals surface area contributed by atoms with Crippen molar-refractivity contribution in [1.82, 2.24) is 9.55 Å². The number of carbonyl (C=O) groups is 1. The van der Waals surface area contributed by atoms with E-state index in [9.17, 15) is 4.79 Å². The maximum atomic E-state index is 12.8. The molecule has 0 saturated carbocycles. The topological polar surface area (TPSA) is 46.9 Å². The molecule has 4 nitrogen and oxygen atoms in total. The van der Waals surface area contributed by atoms with Gasteiger partial charge >= 0.3 is 0 Å². The van der Waals surface area contributed by atoms with Gasteiger partial charge in [-0.15, -0.1) is 0 Å². The monoisotopic (exact) mass is 417 g/mol. The van der Waals surface area contributed by atoms with Crippen LogP contribution in [0.5, 0.6) is 0 Å². The van der Waals surface area contributed by atoms with Crippen LogP contribution in [-0.2, 0) is 16.8 Å². The summed E-state index contributed by atoms with van der Waals surface area (Å²) in [5, 5.41) is 3.41. The summed E-state index contributed by atoms with van der Waals surface area (Å²) in [5.74, 6) is 0.616. The molecule has 0 aliphatic carbocycles. The number of hydrogen-bond acceptors (Lipinski definition) is 2. The van der Waals surface area contributed by atoms with Gasteiger partial charge in [0.1, 0.15) is 12.4 Å². The maximum absolute atomic E-state index is 12.8. The molecule has 0 radical (unpaired) electrons. The van der Waals surface area contributed by atoms with Gasteiger partial charge in [-0.2, -0.15) is 0 Å². The zero-order valence-electron chi connectivity index (χ0n) is 17.3. The average molecular weight is 418 g/mol. The third-order valence-corrected chi connectivity index (χ3v) is 5.44. The molecular formula is C25H24ClN3O. The van der Waals surface area contributed by atoms with E-state index in [2.05, 4.69) is 50.4 Å². The predicted octanol–water partition coefficient (Wildman–Crippen LogP) is 6.29. The zero-order valence-corrected chi connectivity index (χ0v) is 18.1. The summed E-state index contributed by atoms with van der Waals surface area (Å²) < 4.78 is 1.95. The highest BCUT2D eigenvalue weighted by Gasteiger charge is 2.18. The molecule has 1 aromatic heterocycles. The van der Waals surface area contributed by atoms with Crippen LogP contribution in [0.25, 0.3) is 22.4 Å². The lowest BCUT2D eigenvalue weighted by atomic mass is 9.87. The third-order valence-electron chi connectivity index (χ3n) is 5.11. The van der Waals surface area contributed by atoms with E-state index in [0.717, 1.165) is 22.4 Å². The number of nitrogens with zero attached hydrogens (tertiary/aromatic N) is 2. The van der Waals surface area contributed by atoms with Crippen LogP contribution in [0.1, 0.15) is 26.3 Å². The molecular weight excluding hydrogens is 394 g/mol. The maximum Gasteiger partial charge on any atom is 0.244 e. The van der Waals surface area contributed by atoms with Crippen molar-refractivity contribution in [3.63, 3.8) is 0 Å². The lowest BCUT2D eigenvalue weighted by molar-refractivity contribution is -0.116. The number of hydrogen-bond donors (Lipinski definition) is 1. The van der Waals surface area contributed by atoms with Crippen molar-refractivity contribution in [2.24, 2.45) is 0 Å². The fourth-order valence-electron chi connectivity index (χ4n) is 3.47. The van der Waals surface area contributed by atoms with Crippen molar-refractivity contribution in [1.29, 1.82) is 0 Å². The lowest BCUT2D eigenvalue weighted by Crippen LogP contribution is -2.19. The molecule has 152 valence electrons. The van der Waals surface area contributed by atoms with Gasteiger partial charge in [0, 0.05) is 5.56 Å². The van der Waals surface area contributed by atoms with Gasteiger partial charge in [0.25, 0.3) is 0 Å². The highest BCUT2D eigenvalue weighted by Crippen LogP contribution is 2.28. The van der Waals surface area contributed by atoms with Crippen LogP contribution in [0, 0.1) is 0 Å². The Morgan fingerprint density at radius 3 is 2.33 bits per heavy atom. The molecule has 0 atom stereocenters. The molecule has 0 saturated heterocycles. The van der Waals surface area contributed by atoms with Gasteiger partial charge in [-0.3, -0.25) is 4.79 Å². The van der Waals surface area contributed by atoms with Crippen molar-refractivity contribution < 1.29 is 4.79 Å².